The first kappa shape index (κ1) is 9.68. The van der Waals surface area contributed by atoms with Gasteiger partial charge in [-0.2, -0.15) is 0 Å². The van der Waals surface area contributed by atoms with Crippen LogP contribution in [0.15, 0.2) is 5.38 Å². The number of carbonyl (C=O) groups is 1. The van der Waals surface area contributed by atoms with Crippen LogP contribution < -0.4 is 5.32 Å². The number of nitrogens with one attached hydrogen (secondary N) is 1. The van der Waals surface area contributed by atoms with Crippen LogP contribution in [0.1, 0.15) is 23.8 Å². The lowest BCUT2D eigenvalue weighted by Crippen LogP contribution is -2.32. The summed E-state index contributed by atoms with van der Waals surface area (Å²) in [7, 11) is 0. The van der Waals surface area contributed by atoms with Crippen molar-refractivity contribution in [3.05, 3.63) is 11.1 Å². The minimum absolute atomic E-state index is 0.0285. The zero-order valence-electron chi connectivity index (χ0n) is 7.15. The molecule has 1 heterocycles. The Balaban J connectivity index is 2.48. The first-order valence-corrected chi connectivity index (χ1v) is 4.59. The SMILES string of the molecule is C#CCC(C)NC(=O)c1csnn1. The van der Waals surface area contributed by atoms with E-state index in [2.05, 4.69) is 20.8 Å². The van der Waals surface area contributed by atoms with Crippen molar-refractivity contribution in [2.75, 3.05) is 0 Å². The first-order chi connectivity index (χ1) is 6.24. The molecule has 1 aromatic rings. The molecule has 0 saturated carbocycles. The van der Waals surface area contributed by atoms with E-state index in [-0.39, 0.29) is 11.9 Å². The van der Waals surface area contributed by atoms with E-state index in [1.54, 1.807) is 5.38 Å². The third kappa shape index (κ3) is 2.84. The van der Waals surface area contributed by atoms with Crippen LogP contribution >= 0.6 is 11.5 Å². The van der Waals surface area contributed by atoms with Gasteiger partial charge in [0, 0.05) is 17.8 Å². The van der Waals surface area contributed by atoms with Gasteiger partial charge < -0.3 is 5.32 Å². The molecule has 1 unspecified atom stereocenters. The summed E-state index contributed by atoms with van der Waals surface area (Å²) in [6, 6.07) is -0.0285. The lowest BCUT2D eigenvalue weighted by Gasteiger charge is -2.08. The lowest BCUT2D eigenvalue weighted by molar-refractivity contribution is 0.0936. The van der Waals surface area contributed by atoms with E-state index in [4.69, 9.17) is 6.42 Å². The van der Waals surface area contributed by atoms with Gasteiger partial charge in [-0.15, -0.1) is 17.4 Å². The third-order valence-corrected chi connectivity index (χ3v) is 1.90. The summed E-state index contributed by atoms with van der Waals surface area (Å²) in [5, 5.41) is 7.94. The fourth-order valence-corrected chi connectivity index (χ4v) is 1.23. The second-order valence-corrected chi connectivity index (χ2v) is 3.18. The molecule has 13 heavy (non-hydrogen) atoms. The van der Waals surface area contributed by atoms with E-state index in [9.17, 15) is 4.79 Å². The Hall–Kier alpha value is -1.41. The second kappa shape index (κ2) is 4.58. The summed E-state index contributed by atoms with van der Waals surface area (Å²) < 4.78 is 3.59. The smallest absolute Gasteiger partial charge is 0.272 e. The number of nitrogens with zero attached hydrogens (tertiary/aromatic N) is 2. The molecule has 0 fully saturated rings. The molecule has 68 valence electrons. The van der Waals surface area contributed by atoms with Crippen LogP contribution in [0.4, 0.5) is 0 Å². The molecular formula is C8H9N3OS. The van der Waals surface area contributed by atoms with Crippen molar-refractivity contribution in [3.8, 4) is 12.3 Å². The van der Waals surface area contributed by atoms with Gasteiger partial charge in [-0.3, -0.25) is 4.79 Å². The molecule has 0 aliphatic rings. The Morgan fingerprint density at radius 1 is 1.92 bits per heavy atom. The molecule has 0 aromatic carbocycles. The lowest BCUT2D eigenvalue weighted by atomic mass is 10.2. The molecule has 1 N–H and O–H groups in total. The fraction of sp³-hybridized carbons (Fsp3) is 0.375. The highest BCUT2D eigenvalue weighted by molar-refractivity contribution is 7.03. The number of terminal acetylenes is 1. The van der Waals surface area contributed by atoms with Crippen molar-refractivity contribution < 1.29 is 4.79 Å². The molecule has 1 atom stereocenters. The Kier molecular flexibility index (Phi) is 3.41. The fourth-order valence-electron chi connectivity index (χ4n) is 0.789. The maximum Gasteiger partial charge on any atom is 0.272 e. The molecule has 1 amide bonds. The topological polar surface area (TPSA) is 54.9 Å². The van der Waals surface area contributed by atoms with E-state index in [0.717, 1.165) is 11.5 Å². The van der Waals surface area contributed by atoms with Gasteiger partial charge >= 0.3 is 0 Å². The van der Waals surface area contributed by atoms with Gasteiger partial charge in [-0.05, 0) is 18.5 Å². The molecule has 0 aliphatic heterocycles. The van der Waals surface area contributed by atoms with Gasteiger partial charge in [-0.25, -0.2) is 0 Å². The number of amides is 1. The highest BCUT2D eigenvalue weighted by Gasteiger charge is 2.10. The summed E-state index contributed by atoms with van der Waals surface area (Å²) in [5.74, 6) is 2.24. The predicted octanol–water partition coefficient (Wildman–Crippen LogP) is 0.680. The number of hydrogen-bond acceptors (Lipinski definition) is 4. The summed E-state index contributed by atoms with van der Waals surface area (Å²) in [6.45, 7) is 1.84. The van der Waals surface area contributed by atoms with E-state index < -0.39 is 0 Å². The normalized spacial score (nSPS) is 11.7. The monoisotopic (exact) mass is 195 g/mol. The maximum atomic E-state index is 11.3. The molecule has 0 spiro atoms. The molecule has 0 radical (unpaired) electrons. The Bertz CT molecular complexity index is 315. The van der Waals surface area contributed by atoms with Gasteiger partial charge in [-0.1, -0.05) is 4.49 Å². The van der Waals surface area contributed by atoms with Crippen molar-refractivity contribution in [2.24, 2.45) is 0 Å². The van der Waals surface area contributed by atoms with Crippen molar-refractivity contribution in [1.29, 1.82) is 0 Å². The zero-order valence-corrected chi connectivity index (χ0v) is 7.97. The first-order valence-electron chi connectivity index (χ1n) is 3.75. The van der Waals surface area contributed by atoms with Crippen LogP contribution in [0.2, 0.25) is 0 Å². The highest BCUT2D eigenvalue weighted by Crippen LogP contribution is 1.98. The van der Waals surface area contributed by atoms with Gasteiger partial charge in [0.15, 0.2) is 5.69 Å². The zero-order chi connectivity index (χ0) is 9.68. The number of carbonyl (C=O) groups excluding carboxylic acids is 1. The van der Waals surface area contributed by atoms with E-state index in [1.807, 2.05) is 6.92 Å². The second-order valence-electron chi connectivity index (χ2n) is 2.57. The number of hydrogen-bond donors (Lipinski definition) is 1. The van der Waals surface area contributed by atoms with Gasteiger partial charge in [0.2, 0.25) is 0 Å². The van der Waals surface area contributed by atoms with Crippen LogP contribution in [0.5, 0.6) is 0 Å². The summed E-state index contributed by atoms with van der Waals surface area (Å²) >= 11 is 1.15. The van der Waals surface area contributed by atoms with Crippen molar-refractivity contribution in [1.82, 2.24) is 14.9 Å². The molecular weight excluding hydrogens is 186 g/mol. The molecule has 4 nitrogen and oxygen atoms in total. The molecule has 1 aromatic heterocycles. The summed E-state index contributed by atoms with van der Waals surface area (Å²) in [4.78, 5) is 11.3. The number of aromatic nitrogens is 2. The van der Waals surface area contributed by atoms with Crippen molar-refractivity contribution in [2.45, 2.75) is 19.4 Å². The van der Waals surface area contributed by atoms with Crippen LogP contribution in [0.25, 0.3) is 0 Å². The average Bonchev–Trinajstić information content (AvgIpc) is 2.55. The minimum atomic E-state index is -0.225. The Labute approximate surface area is 80.5 Å². The maximum absolute atomic E-state index is 11.3. The Morgan fingerprint density at radius 3 is 3.23 bits per heavy atom. The number of rotatable bonds is 3. The third-order valence-electron chi connectivity index (χ3n) is 1.39. The van der Waals surface area contributed by atoms with Gasteiger partial charge in [0.25, 0.3) is 5.91 Å². The van der Waals surface area contributed by atoms with Crippen LogP contribution in [0.3, 0.4) is 0 Å². The molecule has 1 rings (SSSR count). The predicted molar refractivity (Wildman–Crippen MR) is 50.3 cm³/mol. The van der Waals surface area contributed by atoms with Crippen LogP contribution in [0, 0.1) is 12.3 Å². The van der Waals surface area contributed by atoms with Gasteiger partial charge in [0.1, 0.15) is 0 Å². The molecule has 0 bridgehead atoms. The standard InChI is InChI=1S/C8H9N3OS/c1-3-4-6(2)9-8(12)7-5-13-11-10-7/h1,5-6H,4H2,2H3,(H,9,12). The van der Waals surface area contributed by atoms with Crippen LogP contribution in [-0.2, 0) is 0 Å². The summed E-state index contributed by atoms with van der Waals surface area (Å²) in [5.41, 5.74) is 0.342. The summed E-state index contributed by atoms with van der Waals surface area (Å²) in [6.07, 6.45) is 5.61. The van der Waals surface area contributed by atoms with Crippen LogP contribution in [-0.4, -0.2) is 21.5 Å². The highest BCUT2D eigenvalue weighted by atomic mass is 32.1. The largest absolute Gasteiger partial charge is 0.347 e. The minimum Gasteiger partial charge on any atom is -0.347 e. The molecule has 0 aliphatic carbocycles. The molecule has 5 heteroatoms. The average molecular weight is 195 g/mol. The van der Waals surface area contributed by atoms with E-state index in [0.29, 0.717) is 12.1 Å². The van der Waals surface area contributed by atoms with E-state index >= 15 is 0 Å². The Morgan fingerprint density at radius 2 is 2.69 bits per heavy atom. The molecule has 0 saturated heterocycles. The van der Waals surface area contributed by atoms with Crippen molar-refractivity contribution >= 4 is 17.4 Å². The van der Waals surface area contributed by atoms with Crippen molar-refractivity contribution in [3.63, 3.8) is 0 Å². The quantitative estimate of drug-likeness (QED) is 0.721. The van der Waals surface area contributed by atoms with Gasteiger partial charge in [0.05, 0.1) is 0 Å². The van der Waals surface area contributed by atoms with E-state index in [1.165, 1.54) is 0 Å².